The largest absolute Gasteiger partial charge is 0.377 e. The lowest BCUT2D eigenvalue weighted by atomic mass is 10.1. The zero-order valence-electron chi connectivity index (χ0n) is 10.6. The van der Waals surface area contributed by atoms with Gasteiger partial charge < -0.3 is 11.1 Å². The van der Waals surface area contributed by atoms with Gasteiger partial charge in [0.15, 0.2) is 11.6 Å². The van der Waals surface area contributed by atoms with Crippen molar-refractivity contribution >= 4 is 33.2 Å². The van der Waals surface area contributed by atoms with Crippen LogP contribution in [0.25, 0.3) is 0 Å². The van der Waals surface area contributed by atoms with E-state index in [-0.39, 0.29) is 12.1 Å². The molecule has 0 aliphatic heterocycles. The van der Waals surface area contributed by atoms with Crippen LogP contribution in [0.15, 0.2) is 34.8 Å². The van der Waals surface area contributed by atoms with Crippen LogP contribution in [-0.4, -0.2) is 6.54 Å². The van der Waals surface area contributed by atoms with Crippen LogP contribution in [0.1, 0.15) is 11.6 Å². The fourth-order valence-corrected chi connectivity index (χ4v) is 2.35. The van der Waals surface area contributed by atoms with Crippen LogP contribution < -0.4 is 11.1 Å². The molecular formula is C14H11BrClF3N2. The molecule has 0 bridgehead atoms. The first-order valence-corrected chi connectivity index (χ1v) is 7.15. The second-order valence-electron chi connectivity index (χ2n) is 4.35. The average molecular weight is 380 g/mol. The van der Waals surface area contributed by atoms with E-state index in [0.717, 1.165) is 6.07 Å². The Morgan fingerprint density at radius 1 is 1.10 bits per heavy atom. The van der Waals surface area contributed by atoms with Gasteiger partial charge in [0.2, 0.25) is 0 Å². The predicted octanol–water partition coefficient (Wildman–Crippen LogP) is 4.63. The monoisotopic (exact) mass is 378 g/mol. The van der Waals surface area contributed by atoms with E-state index in [2.05, 4.69) is 21.2 Å². The average Bonchev–Trinajstić information content (AvgIpc) is 2.44. The minimum atomic E-state index is -1.23. The van der Waals surface area contributed by atoms with E-state index in [1.54, 1.807) is 18.2 Å². The quantitative estimate of drug-likeness (QED) is 0.760. The third kappa shape index (κ3) is 3.70. The highest BCUT2D eigenvalue weighted by Gasteiger charge is 2.18. The van der Waals surface area contributed by atoms with Crippen molar-refractivity contribution in [3.8, 4) is 0 Å². The van der Waals surface area contributed by atoms with Gasteiger partial charge in [-0.3, -0.25) is 0 Å². The summed E-state index contributed by atoms with van der Waals surface area (Å²) in [5.41, 5.74) is 6.17. The lowest BCUT2D eigenvalue weighted by Gasteiger charge is -2.20. The van der Waals surface area contributed by atoms with Crippen LogP contribution in [0.4, 0.5) is 18.9 Å². The Kier molecular flexibility index (Phi) is 5.13. The smallest absolute Gasteiger partial charge is 0.161 e. The molecule has 1 atom stereocenters. The molecule has 0 saturated heterocycles. The van der Waals surface area contributed by atoms with Gasteiger partial charge in [-0.05, 0) is 40.2 Å². The molecule has 3 N–H and O–H groups in total. The van der Waals surface area contributed by atoms with Gasteiger partial charge in [-0.2, -0.15) is 0 Å². The number of benzene rings is 2. The second-order valence-corrected chi connectivity index (χ2v) is 5.61. The lowest BCUT2D eigenvalue weighted by Crippen LogP contribution is -2.22. The zero-order valence-corrected chi connectivity index (χ0v) is 13.0. The summed E-state index contributed by atoms with van der Waals surface area (Å²) in [6.45, 7) is 0.00222. The number of hydrogen-bond donors (Lipinski definition) is 2. The molecule has 0 spiro atoms. The highest BCUT2D eigenvalue weighted by Crippen LogP contribution is 2.28. The highest BCUT2D eigenvalue weighted by atomic mass is 79.9. The molecule has 2 aromatic carbocycles. The van der Waals surface area contributed by atoms with Crippen LogP contribution in [0.3, 0.4) is 0 Å². The summed E-state index contributed by atoms with van der Waals surface area (Å²) < 4.78 is 40.7. The fraction of sp³-hybridized carbons (Fsp3) is 0.143. The summed E-state index contributed by atoms with van der Waals surface area (Å²) in [4.78, 5) is 0. The fourth-order valence-electron chi connectivity index (χ4n) is 1.86. The van der Waals surface area contributed by atoms with Gasteiger partial charge in [0.25, 0.3) is 0 Å². The first kappa shape index (κ1) is 16.1. The molecule has 0 radical (unpaired) electrons. The minimum Gasteiger partial charge on any atom is -0.377 e. The normalized spacial score (nSPS) is 12.3. The molecule has 0 aromatic heterocycles. The molecule has 1 unspecified atom stereocenters. The van der Waals surface area contributed by atoms with Crippen molar-refractivity contribution in [3.05, 3.63) is 62.8 Å². The van der Waals surface area contributed by atoms with Gasteiger partial charge >= 0.3 is 0 Å². The van der Waals surface area contributed by atoms with E-state index in [0.29, 0.717) is 21.2 Å². The van der Waals surface area contributed by atoms with Crippen LogP contribution in [0, 0.1) is 17.5 Å². The van der Waals surface area contributed by atoms with E-state index in [4.69, 9.17) is 17.3 Å². The molecule has 0 aliphatic rings. The van der Waals surface area contributed by atoms with Crippen molar-refractivity contribution in [3.63, 3.8) is 0 Å². The SMILES string of the molecule is NCC(Nc1ccc(Cl)c(Br)c1)c1cc(F)c(F)cc1F. The molecule has 2 nitrogen and oxygen atoms in total. The van der Waals surface area contributed by atoms with Crippen molar-refractivity contribution in [2.45, 2.75) is 6.04 Å². The van der Waals surface area contributed by atoms with Crippen molar-refractivity contribution in [1.29, 1.82) is 0 Å². The van der Waals surface area contributed by atoms with Crippen molar-refractivity contribution in [1.82, 2.24) is 0 Å². The third-order valence-corrected chi connectivity index (χ3v) is 4.13. The van der Waals surface area contributed by atoms with E-state index >= 15 is 0 Å². The van der Waals surface area contributed by atoms with Gasteiger partial charge in [-0.15, -0.1) is 0 Å². The van der Waals surface area contributed by atoms with Crippen LogP contribution >= 0.6 is 27.5 Å². The van der Waals surface area contributed by atoms with Gasteiger partial charge in [0.1, 0.15) is 5.82 Å². The summed E-state index contributed by atoms with van der Waals surface area (Å²) >= 11 is 9.14. The Balaban J connectivity index is 2.31. The van der Waals surface area contributed by atoms with Gasteiger partial charge in [-0.25, -0.2) is 13.2 Å². The second kappa shape index (κ2) is 6.68. The Bertz CT molecular complexity index is 667. The van der Waals surface area contributed by atoms with Crippen molar-refractivity contribution in [2.24, 2.45) is 5.73 Å². The van der Waals surface area contributed by atoms with Gasteiger partial charge in [0.05, 0.1) is 11.1 Å². The highest BCUT2D eigenvalue weighted by molar-refractivity contribution is 9.10. The van der Waals surface area contributed by atoms with Gasteiger partial charge in [0, 0.05) is 28.3 Å². The molecule has 0 heterocycles. The maximum absolute atomic E-state index is 13.8. The molecule has 0 aliphatic carbocycles. The maximum Gasteiger partial charge on any atom is 0.161 e. The minimum absolute atomic E-state index is 0.00222. The summed E-state index contributed by atoms with van der Waals surface area (Å²) in [7, 11) is 0. The van der Waals surface area contributed by atoms with Crippen LogP contribution in [0.5, 0.6) is 0 Å². The standard InChI is InChI=1S/C14H11BrClF3N2/c15-9-3-7(1-2-10(9)16)21-14(6-20)8-4-12(18)13(19)5-11(8)17/h1-5,14,21H,6,20H2. The molecule has 2 aromatic rings. The number of hydrogen-bond acceptors (Lipinski definition) is 2. The Morgan fingerprint density at radius 3 is 2.38 bits per heavy atom. The first-order valence-electron chi connectivity index (χ1n) is 5.98. The first-order chi connectivity index (χ1) is 9.92. The predicted molar refractivity (Wildman–Crippen MR) is 80.9 cm³/mol. The van der Waals surface area contributed by atoms with Crippen molar-refractivity contribution in [2.75, 3.05) is 11.9 Å². The van der Waals surface area contributed by atoms with Crippen LogP contribution in [0.2, 0.25) is 5.02 Å². The molecule has 2 rings (SSSR count). The number of anilines is 1. The summed E-state index contributed by atoms with van der Waals surface area (Å²) in [5.74, 6) is -3.21. The zero-order chi connectivity index (χ0) is 15.6. The van der Waals surface area contributed by atoms with E-state index < -0.39 is 23.5 Å². The summed E-state index contributed by atoms with van der Waals surface area (Å²) in [6, 6.07) is 5.61. The number of nitrogens with two attached hydrogens (primary N) is 1. The third-order valence-electron chi connectivity index (χ3n) is 2.91. The molecule has 21 heavy (non-hydrogen) atoms. The lowest BCUT2D eigenvalue weighted by molar-refractivity contribution is 0.486. The number of nitrogens with one attached hydrogen (secondary N) is 1. The molecular weight excluding hydrogens is 369 g/mol. The number of rotatable bonds is 4. The molecule has 0 amide bonds. The Morgan fingerprint density at radius 2 is 1.76 bits per heavy atom. The van der Waals surface area contributed by atoms with E-state index in [1.807, 2.05) is 0 Å². The molecule has 0 saturated carbocycles. The summed E-state index contributed by atoms with van der Waals surface area (Å²) in [5, 5.41) is 3.48. The topological polar surface area (TPSA) is 38.0 Å². The van der Waals surface area contributed by atoms with E-state index in [1.165, 1.54) is 0 Å². The molecule has 112 valence electrons. The molecule has 0 fully saturated rings. The van der Waals surface area contributed by atoms with E-state index in [9.17, 15) is 13.2 Å². The van der Waals surface area contributed by atoms with Gasteiger partial charge in [-0.1, -0.05) is 11.6 Å². The van der Waals surface area contributed by atoms with Crippen molar-refractivity contribution < 1.29 is 13.2 Å². The number of halogens is 5. The maximum atomic E-state index is 13.8. The Hall–Kier alpha value is -1.24. The molecule has 7 heteroatoms. The summed E-state index contributed by atoms with van der Waals surface area (Å²) in [6.07, 6.45) is 0. The van der Waals surface area contributed by atoms with Crippen LogP contribution in [-0.2, 0) is 0 Å². The Labute approximate surface area is 133 Å².